The van der Waals surface area contributed by atoms with E-state index in [1.165, 1.54) is 16.7 Å². The van der Waals surface area contributed by atoms with E-state index in [1.54, 1.807) is 0 Å². The number of nitrogens with one attached hydrogen (secondary N) is 1. The minimum absolute atomic E-state index is 0.302. The average Bonchev–Trinajstić information content (AvgIpc) is 2.72. The number of nitrogens with zero attached hydrogens (tertiary/aromatic N) is 1. The molecule has 0 fully saturated rings. The van der Waals surface area contributed by atoms with E-state index >= 15 is 0 Å². The van der Waals surface area contributed by atoms with E-state index in [-0.39, 0.29) is 0 Å². The summed E-state index contributed by atoms with van der Waals surface area (Å²) in [6.45, 7) is 9.07. The summed E-state index contributed by atoms with van der Waals surface area (Å²) in [5.41, 5.74) is 4.88. The summed E-state index contributed by atoms with van der Waals surface area (Å²) in [6.07, 6.45) is 0. The Bertz CT molecular complexity index is 531. The third-order valence-corrected chi connectivity index (χ3v) is 3.15. The van der Waals surface area contributed by atoms with Gasteiger partial charge in [0.2, 0.25) is 0 Å². The predicted octanol–water partition coefficient (Wildman–Crippen LogP) is 3.45. The Morgan fingerprint density at radius 1 is 1.22 bits per heavy atom. The number of rotatable bonds is 4. The molecular weight excluding hydrogens is 224 g/mol. The van der Waals surface area contributed by atoms with Crippen LogP contribution in [0.25, 0.3) is 0 Å². The number of benzene rings is 1. The summed E-state index contributed by atoms with van der Waals surface area (Å²) in [4.78, 5) is 0. The van der Waals surface area contributed by atoms with E-state index in [0.29, 0.717) is 12.6 Å². The Hall–Kier alpha value is -1.61. The number of aryl methyl sites for hydroxylation is 3. The monoisotopic (exact) mass is 244 g/mol. The third-order valence-electron chi connectivity index (χ3n) is 3.15. The zero-order valence-electron chi connectivity index (χ0n) is 11.4. The van der Waals surface area contributed by atoms with Crippen LogP contribution in [0.1, 0.15) is 41.1 Å². The molecule has 0 aliphatic rings. The lowest BCUT2D eigenvalue weighted by Crippen LogP contribution is -2.18. The van der Waals surface area contributed by atoms with Gasteiger partial charge in [-0.2, -0.15) is 0 Å². The van der Waals surface area contributed by atoms with Crippen molar-refractivity contribution in [3.8, 4) is 0 Å². The summed E-state index contributed by atoms with van der Waals surface area (Å²) in [5, 5.41) is 7.34. The van der Waals surface area contributed by atoms with E-state index in [4.69, 9.17) is 4.52 Å². The van der Waals surface area contributed by atoms with Crippen molar-refractivity contribution in [3.63, 3.8) is 0 Å². The Labute approximate surface area is 108 Å². The lowest BCUT2D eigenvalue weighted by molar-refractivity contribution is 0.363. The van der Waals surface area contributed by atoms with Gasteiger partial charge in [-0.3, -0.25) is 0 Å². The Kier molecular flexibility index (Phi) is 3.82. The van der Waals surface area contributed by atoms with Gasteiger partial charge in [-0.25, -0.2) is 0 Å². The fraction of sp³-hybridized carbons (Fsp3) is 0.400. The maximum absolute atomic E-state index is 5.19. The second-order valence-corrected chi connectivity index (χ2v) is 4.90. The minimum atomic E-state index is 0.302. The summed E-state index contributed by atoms with van der Waals surface area (Å²) in [6, 6.07) is 8.82. The number of hydrogen-bond donors (Lipinski definition) is 1. The van der Waals surface area contributed by atoms with Gasteiger partial charge < -0.3 is 9.84 Å². The molecule has 0 spiro atoms. The van der Waals surface area contributed by atoms with Crippen LogP contribution in [0.5, 0.6) is 0 Å². The smallest absolute Gasteiger partial charge is 0.150 e. The molecule has 0 radical (unpaired) electrons. The van der Waals surface area contributed by atoms with Gasteiger partial charge in [-0.1, -0.05) is 28.9 Å². The maximum Gasteiger partial charge on any atom is 0.150 e. The molecule has 0 bridgehead atoms. The fourth-order valence-electron chi connectivity index (χ4n) is 2.17. The first kappa shape index (κ1) is 12.8. The van der Waals surface area contributed by atoms with Crippen LogP contribution in [-0.4, -0.2) is 5.16 Å². The van der Waals surface area contributed by atoms with Gasteiger partial charge in [0.15, 0.2) is 5.76 Å². The highest BCUT2D eigenvalue weighted by atomic mass is 16.5. The second-order valence-electron chi connectivity index (χ2n) is 4.90. The number of hydrogen-bond acceptors (Lipinski definition) is 3. The molecule has 1 aromatic heterocycles. The summed E-state index contributed by atoms with van der Waals surface area (Å²) in [5.74, 6) is 0.879. The third kappa shape index (κ3) is 2.99. The molecule has 0 saturated heterocycles. The molecule has 1 unspecified atom stereocenters. The average molecular weight is 244 g/mol. The predicted molar refractivity (Wildman–Crippen MR) is 72.4 cm³/mol. The van der Waals surface area contributed by atoms with Crippen molar-refractivity contribution < 1.29 is 4.52 Å². The van der Waals surface area contributed by atoms with Crippen LogP contribution >= 0.6 is 0 Å². The van der Waals surface area contributed by atoms with Crippen LogP contribution in [0.15, 0.2) is 28.8 Å². The molecule has 3 heteroatoms. The topological polar surface area (TPSA) is 38.1 Å². The lowest BCUT2D eigenvalue weighted by Gasteiger charge is -2.16. The normalized spacial score (nSPS) is 12.7. The number of aromatic nitrogens is 1. The van der Waals surface area contributed by atoms with Crippen LogP contribution in [0, 0.1) is 20.8 Å². The van der Waals surface area contributed by atoms with E-state index < -0.39 is 0 Å². The molecule has 1 N–H and O–H groups in total. The van der Waals surface area contributed by atoms with Crippen molar-refractivity contribution in [2.24, 2.45) is 0 Å². The van der Waals surface area contributed by atoms with E-state index in [9.17, 15) is 0 Å². The fourth-order valence-corrected chi connectivity index (χ4v) is 2.17. The highest BCUT2D eigenvalue weighted by Gasteiger charge is 2.09. The molecule has 1 heterocycles. The van der Waals surface area contributed by atoms with Gasteiger partial charge in [-0.05, 0) is 38.8 Å². The molecule has 1 aromatic carbocycles. The molecule has 0 aliphatic carbocycles. The molecule has 0 saturated carbocycles. The van der Waals surface area contributed by atoms with Crippen LogP contribution in [-0.2, 0) is 6.54 Å². The van der Waals surface area contributed by atoms with E-state index in [1.807, 2.05) is 13.0 Å². The van der Waals surface area contributed by atoms with Crippen LogP contribution in [0.2, 0.25) is 0 Å². The van der Waals surface area contributed by atoms with Crippen molar-refractivity contribution in [3.05, 3.63) is 52.4 Å². The second kappa shape index (κ2) is 5.36. The Morgan fingerprint density at radius 2 is 2.00 bits per heavy atom. The van der Waals surface area contributed by atoms with Gasteiger partial charge in [0.05, 0.1) is 12.2 Å². The van der Waals surface area contributed by atoms with Gasteiger partial charge in [0.25, 0.3) is 0 Å². The van der Waals surface area contributed by atoms with Crippen LogP contribution < -0.4 is 5.32 Å². The summed E-state index contributed by atoms with van der Waals surface area (Å²) in [7, 11) is 0. The van der Waals surface area contributed by atoms with Gasteiger partial charge >= 0.3 is 0 Å². The minimum Gasteiger partial charge on any atom is -0.360 e. The SMILES string of the molecule is Cc1ccc(C(C)NCc2cc(C)no2)c(C)c1. The first-order valence-electron chi connectivity index (χ1n) is 6.29. The molecule has 0 aliphatic heterocycles. The van der Waals surface area contributed by atoms with Crippen LogP contribution in [0.4, 0.5) is 0 Å². The summed E-state index contributed by atoms with van der Waals surface area (Å²) >= 11 is 0. The largest absolute Gasteiger partial charge is 0.360 e. The van der Waals surface area contributed by atoms with Gasteiger partial charge in [0.1, 0.15) is 0 Å². The van der Waals surface area contributed by atoms with Crippen LogP contribution in [0.3, 0.4) is 0 Å². The maximum atomic E-state index is 5.19. The first-order chi connectivity index (χ1) is 8.56. The zero-order valence-corrected chi connectivity index (χ0v) is 11.4. The van der Waals surface area contributed by atoms with E-state index in [2.05, 4.69) is 49.4 Å². The first-order valence-corrected chi connectivity index (χ1v) is 6.29. The highest BCUT2D eigenvalue weighted by Crippen LogP contribution is 2.19. The Morgan fingerprint density at radius 3 is 2.61 bits per heavy atom. The molecule has 3 nitrogen and oxygen atoms in total. The van der Waals surface area contributed by atoms with Crippen molar-refractivity contribution in [1.82, 2.24) is 10.5 Å². The molecule has 1 atom stereocenters. The lowest BCUT2D eigenvalue weighted by atomic mass is 10.0. The standard InChI is InChI=1S/C15H20N2O/c1-10-5-6-15(11(2)7-10)13(4)16-9-14-8-12(3)17-18-14/h5-8,13,16H,9H2,1-4H3. The Balaban J connectivity index is 2.01. The molecular formula is C15H20N2O. The molecule has 2 rings (SSSR count). The van der Waals surface area contributed by atoms with Crippen molar-refractivity contribution in [2.75, 3.05) is 0 Å². The van der Waals surface area contributed by atoms with Crippen molar-refractivity contribution >= 4 is 0 Å². The zero-order chi connectivity index (χ0) is 13.1. The molecule has 18 heavy (non-hydrogen) atoms. The quantitative estimate of drug-likeness (QED) is 0.895. The van der Waals surface area contributed by atoms with Gasteiger partial charge in [-0.15, -0.1) is 0 Å². The molecule has 2 aromatic rings. The van der Waals surface area contributed by atoms with E-state index in [0.717, 1.165) is 11.5 Å². The van der Waals surface area contributed by atoms with Crippen molar-refractivity contribution in [1.29, 1.82) is 0 Å². The highest BCUT2D eigenvalue weighted by molar-refractivity contribution is 5.32. The molecule has 0 amide bonds. The summed E-state index contributed by atoms with van der Waals surface area (Å²) < 4.78 is 5.19. The van der Waals surface area contributed by atoms with Crippen molar-refractivity contribution in [2.45, 2.75) is 40.3 Å². The molecule has 96 valence electrons. The van der Waals surface area contributed by atoms with Gasteiger partial charge in [0, 0.05) is 12.1 Å².